The zero-order valence-corrected chi connectivity index (χ0v) is 18.0. The summed E-state index contributed by atoms with van der Waals surface area (Å²) in [5.41, 5.74) is 4.61. The maximum Gasteiger partial charge on any atom is 0.294 e. The summed E-state index contributed by atoms with van der Waals surface area (Å²) < 4.78 is 31.6. The van der Waals surface area contributed by atoms with Crippen LogP contribution in [0, 0.1) is 6.92 Å². The molecule has 0 aliphatic rings. The Balaban J connectivity index is 0.000000234. The van der Waals surface area contributed by atoms with Crippen molar-refractivity contribution in [2.75, 3.05) is 19.0 Å². The summed E-state index contributed by atoms with van der Waals surface area (Å²) in [7, 11) is 2.10. The van der Waals surface area contributed by atoms with Crippen molar-refractivity contribution in [3.8, 4) is 0 Å². The van der Waals surface area contributed by atoms with Gasteiger partial charge < -0.3 is 4.90 Å². The first kappa shape index (κ1) is 22.3. The molecule has 29 heavy (non-hydrogen) atoms. The summed E-state index contributed by atoms with van der Waals surface area (Å²) in [6, 6.07) is 18.7. The fourth-order valence-corrected chi connectivity index (χ4v) is 2.89. The molecule has 6 heteroatoms. The molecule has 2 aromatic carbocycles. The molecule has 0 spiro atoms. The third-order valence-corrected chi connectivity index (χ3v) is 5.07. The smallest absolute Gasteiger partial charge is 0.294 e. The van der Waals surface area contributed by atoms with Crippen molar-refractivity contribution in [3.63, 3.8) is 0 Å². The number of benzene rings is 2. The lowest BCUT2D eigenvalue weighted by atomic mass is 10.1. The minimum Gasteiger partial charge on any atom is -0.378 e. The molecule has 1 heterocycles. The molecule has 0 bridgehead atoms. The predicted molar refractivity (Wildman–Crippen MR) is 118 cm³/mol. The maximum absolute atomic E-state index is 10.5. The van der Waals surface area contributed by atoms with Gasteiger partial charge in [0.25, 0.3) is 10.1 Å². The van der Waals surface area contributed by atoms with E-state index in [2.05, 4.69) is 79.9 Å². The fourth-order valence-electron chi connectivity index (χ4n) is 2.41. The van der Waals surface area contributed by atoms with Gasteiger partial charge in [-0.05, 0) is 42.3 Å². The van der Waals surface area contributed by atoms with Crippen molar-refractivity contribution in [1.29, 1.82) is 0 Å². The number of pyridine rings is 1. The van der Waals surface area contributed by atoms with Gasteiger partial charge in [0.2, 0.25) is 0 Å². The van der Waals surface area contributed by atoms with Crippen LogP contribution in [0.1, 0.15) is 16.7 Å². The lowest BCUT2D eigenvalue weighted by Gasteiger charge is -2.11. The molecule has 0 amide bonds. The third-order valence-electron chi connectivity index (χ3n) is 4.20. The molecule has 1 N–H and O–H groups in total. The molecule has 0 fully saturated rings. The lowest BCUT2D eigenvalue weighted by molar-refractivity contribution is -0.671. The van der Waals surface area contributed by atoms with Gasteiger partial charge >= 0.3 is 0 Å². The van der Waals surface area contributed by atoms with E-state index in [1.165, 1.54) is 28.9 Å². The van der Waals surface area contributed by atoms with Gasteiger partial charge in [-0.15, -0.1) is 0 Å². The van der Waals surface area contributed by atoms with Crippen molar-refractivity contribution in [2.45, 2.75) is 11.8 Å². The van der Waals surface area contributed by atoms with Crippen LogP contribution in [0.25, 0.3) is 12.2 Å². The van der Waals surface area contributed by atoms with Crippen molar-refractivity contribution in [1.82, 2.24) is 0 Å². The van der Waals surface area contributed by atoms with Crippen LogP contribution in [0.2, 0.25) is 0 Å². The lowest BCUT2D eigenvalue weighted by Crippen LogP contribution is -2.25. The highest BCUT2D eigenvalue weighted by atomic mass is 32.2. The van der Waals surface area contributed by atoms with Crippen molar-refractivity contribution in [3.05, 3.63) is 89.7 Å². The van der Waals surface area contributed by atoms with Crippen LogP contribution in [-0.2, 0) is 17.2 Å². The van der Waals surface area contributed by atoms with Crippen LogP contribution in [0.5, 0.6) is 0 Å². The van der Waals surface area contributed by atoms with Crippen LogP contribution in [0.4, 0.5) is 5.69 Å². The highest BCUT2D eigenvalue weighted by Gasteiger charge is 2.06. The maximum atomic E-state index is 10.5. The second-order valence-corrected chi connectivity index (χ2v) is 8.33. The highest BCUT2D eigenvalue weighted by Crippen LogP contribution is 2.14. The second kappa shape index (κ2) is 10.0. The van der Waals surface area contributed by atoms with Gasteiger partial charge in [0.15, 0.2) is 12.4 Å². The Bertz CT molecular complexity index is 1040. The topological polar surface area (TPSA) is 61.5 Å². The molecule has 3 rings (SSSR count). The quantitative estimate of drug-likeness (QED) is 0.521. The Morgan fingerprint density at radius 3 is 1.76 bits per heavy atom. The minimum atomic E-state index is -4.02. The van der Waals surface area contributed by atoms with Crippen LogP contribution in [0.3, 0.4) is 0 Å². The van der Waals surface area contributed by atoms with E-state index in [1.54, 1.807) is 12.1 Å². The summed E-state index contributed by atoms with van der Waals surface area (Å²) in [5, 5.41) is 0. The number of rotatable bonds is 4. The Labute approximate surface area is 173 Å². The van der Waals surface area contributed by atoms with Gasteiger partial charge in [-0.25, -0.2) is 4.57 Å². The second-order valence-electron chi connectivity index (χ2n) is 6.90. The summed E-state index contributed by atoms with van der Waals surface area (Å²) in [6.07, 6.45) is 8.36. The zero-order valence-electron chi connectivity index (χ0n) is 17.1. The monoisotopic (exact) mass is 411 g/mol. The van der Waals surface area contributed by atoms with E-state index in [4.69, 9.17) is 4.55 Å². The van der Waals surface area contributed by atoms with E-state index in [-0.39, 0.29) is 4.90 Å². The van der Waals surface area contributed by atoms with Gasteiger partial charge in [0.1, 0.15) is 7.05 Å². The zero-order chi connectivity index (χ0) is 21.4. The number of hydrogen-bond acceptors (Lipinski definition) is 3. The molecule has 0 aliphatic heterocycles. The van der Waals surface area contributed by atoms with Crippen molar-refractivity contribution >= 4 is 28.0 Å². The van der Waals surface area contributed by atoms with E-state index in [1.807, 2.05) is 18.5 Å². The molecule has 0 atom stereocenters. The molecule has 0 saturated carbocycles. The number of nitrogens with zero attached hydrogens (tertiary/aromatic N) is 2. The molecular weight excluding hydrogens is 384 g/mol. The molecule has 0 saturated heterocycles. The standard InChI is InChI=1S/C16H19N2.C7H8O3S/c1-17(2)16-8-6-14(7-9-16)4-5-15-10-12-18(3)13-11-15;1-6-2-4-7(5-3-6)11(8,9)10/h4-13H,1-3H3;2-5H,1H3,(H,8,9,10)/q+1;. The van der Waals surface area contributed by atoms with Crippen LogP contribution in [0.15, 0.2) is 78.0 Å². The van der Waals surface area contributed by atoms with E-state index in [9.17, 15) is 8.42 Å². The average Bonchev–Trinajstić information content (AvgIpc) is 2.68. The molecular formula is C23H27N2O3S+. The summed E-state index contributed by atoms with van der Waals surface area (Å²) in [4.78, 5) is 2.04. The summed E-state index contributed by atoms with van der Waals surface area (Å²) in [6.45, 7) is 1.84. The number of hydrogen-bond donors (Lipinski definition) is 1. The Morgan fingerprint density at radius 1 is 0.828 bits per heavy atom. The normalized spacial score (nSPS) is 11.1. The van der Waals surface area contributed by atoms with Gasteiger partial charge in [-0.3, -0.25) is 4.55 Å². The molecule has 0 aliphatic carbocycles. The van der Waals surface area contributed by atoms with E-state index >= 15 is 0 Å². The SMILES string of the molecule is CN(C)c1ccc(C=Cc2cc[n+](C)cc2)cc1.Cc1ccc(S(=O)(=O)O)cc1. The molecule has 5 nitrogen and oxygen atoms in total. The number of anilines is 1. The first-order valence-corrected chi connectivity index (χ1v) is 10.5. The first-order valence-electron chi connectivity index (χ1n) is 9.10. The number of aromatic nitrogens is 1. The van der Waals surface area contributed by atoms with Crippen LogP contribution < -0.4 is 9.47 Å². The Kier molecular flexibility index (Phi) is 7.70. The van der Waals surface area contributed by atoms with Crippen molar-refractivity contribution < 1.29 is 17.5 Å². The summed E-state index contributed by atoms with van der Waals surface area (Å²) in [5.74, 6) is 0. The Morgan fingerprint density at radius 2 is 1.31 bits per heavy atom. The number of aryl methyl sites for hydroxylation is 2. The molecule has 3 aromatic rings. The van der Waals surface area contributed by atoms with Gasteiger partial charge in [-0.1, -0.05) is 42.0 Å². The molecule has 0 unspecified atom stereocenters. The molecule has 0 radical (unpaired) electrons. The predicted octanol–water partition coefficient (Wildman–Crippen LogP) is 3.99. The summed E-state index contributed by atoms with van der Waals surface area (Å²) >= 11 is 0. The largest absolute Gasteiger partial charge is 0.378 e. The Hall–Kier alpha value is -2.96. The van der Waals surface area contributed by atoms with E-state index < -0.39 is 10.1 Å². The van der Waals surface area contributed by atoms with Crippen LogP contribution in [-0.4, -0.2) is 27.1 Å². The van der Waals surface area contributed by atoms with E-state index in [0.29, 0.717) is 0 Å². The third kappa shape index (κ3) is 7.52. The van der Waals surface area contributed by atoms with Crippen molar-refractivity contribution in [2.24, 2.45) is 7.05 Å². The average molecular weight is 412 g/mol. The molecule has 1 aromatic heterocycles. The van der Waals surface area contributed by atoms with Gasteiger partial charge in [0.05, 0.1) is 4.90 Å². The van der Waals surface area contributed by atoms with E-state index in [0.717, 1.165) is 5.56 Å². The molecule has 152 valence electrons. The van der Waals surface area contributed by atoms with Gasteiger partial charge in [-0.2, -0.15) is 8.42 Å². The van der Waals surface area contributed by atoms with Gasteiger partial charge in [0, 0.05) is 31.9 Å². The first-order chi connectivity index (χ1) is 13.6. The highest BCUT2D eigenvalue weighted by molar-refractivity contribution is 7.85. The van der Waals surface area contributed by atoms with Crippen LogP contribution >= 0.6 is 0 Å². The minimum absolute atomic E-state index is 0.0666. The fraction of sp³-hybridized carbons (Fsp3) is 0.174.